The summed E-state index contributed by atoms with van der Waals surface area (Å²) < 4.78 is 1.29. The molecule has 0 saturated heterocycles. The summed E-state index contributed by atoms with van der Waals surface area (Å²) in [5.74, 6) is 0. The highest BCUT2D eigenvalue weighted by Crippen LogP contribution is 2.31. The summed E-state index contributed by atoms with van der Waals surface area (Å²) in [7, 11) is 1.54. The lowest BCUT2D eigenvalue weighted by molar-refractivity contribution is 0.141. The van der Waals surface area contributed by atoms with Gasteiger partial charge in [0, 0.05) is 5.69 Å². The quantitative estimate of drug-likeness (QED) is 0.303. The molecule has 0 atom stereocenters. The highest BCUT2D eigenvalue weighted by Gasteiger charge is 2.22. The average molecular weight is 423 g/mol. The van der Waals surface area contributed by atoms with Gasteiger partial charge in [0.15, 0.2) is 0 Å². The van der Waals surface area contributed by atoms with Crippen molar-refractivity contribution in [2.45, 2.75) is 46.0 Å². The maximum Gasteiger partial charge on any atom is 0.117 e. The van der Waals surface area contributed by atoms with E-state index in [-0.39, 0.29) is 0 Å². The van der Waals surface area contributed by atoms with E-state index in [1.807, 2.05) is 25.1 Å². The van der Waals surface area contributed by atoms with Crippen molar-refractivity contribution in [2.24, 2.45) is 10.3 Å². The van der Waals surface area contributed by atoms with Crippen molar-refractivity contribution in [2.75, 3.05) is 13.7 Å². The number of hydrogen-bond donors (Lipinski definition) is 0. The third kappa shape index (κ3) is 4.36. The van der Waals surface area contributed by atoms with Crippen LogP contribution in [0.3, 0.4) is 0 Å². The van der Waals surface area contributed by atoms with Crippen molar-refractivity contribution in [3.05, 3.63) is 57.9 Å². The third-order valence-corrected chi connectivity index (χ3v) is 6.34. The Balaban J connectivity index is 1.38. The first kappa shape index (κ1) is 20.5. The minimum Gasteiger partial charge on any atom is -0.399 e. The lowest BCUT2D eigenvalue weighted by Crippen LogP contribution is -2.16. The summed E-state index contributed by atoms with van der Waals surface area (Å²) >= 11 is 1.76. The number of oxime groups is 2. The van der Waals surface area contributed by atoms with Gasteiger partial charge in [0.25, 0.3) is 0 Å². The minimum atomic E-state index is 0.551. The lowest BCUT2D eigenvalue weighted by atomic mass is 9.91. The van der Waals surface area contributed by atoms with Gasteiger partial charge in [-0.25, -0.2) is 4.98 Å². The van der Waals surface area contributed by atoms with E-state index in [1.54, 1.807) is 11.3 Å². The SMILES string of the molecule is CO/N=C(\C)c1cccc(CCCO/N=C2\CCCc3c2nc2ccsc2c3C)n1. The predicted molar refractivity (Wildman–Crippen MR) is 122 cm³/mol. The molecule has 6 nitrogen and oxygen atoms in total. The molecule has 0 saturated carbocycles. The van der Waals surface area contributed by atoms with Crippen molar-refractivity contribution in [3.8, 4) is 0 Å². The Labute approximate surface area is 180 Å². The molecule has 156 valence electrons. The maximum absolute atomic E-state index is 5.68. The third-order valence-electron chi connectivity index (χ3n) is 5.32. The predicted octanol–water partition coefficient (Wildman–Crippen LogP) is 5.06. The Hall–Kier alpha value is -2.80. The standard InChI is InChI=1S/C23H26N4O2S/c1-15-18-9-5-11-20(22(18)25-21-12-14-30-23(15)21)27-29-13-6-8-17-7-4-10-19(24-17)16(2)26-28-3/h4,7,10,12,14H,5-6,8-9,11,13H2,1-3H3/b26-16+,27-20+. The van der Waals surface area contributed by atoms with Crippen LogP contribution in [-0.2, 0) is 22.5 Å². The monoisotopic (exact) mass is 422 g/mol. The molecule has 1 aliphatic carbocycles. The number of hydrogen-bond acceptors (Lipinski definition) is 7. The van der Waals surface area contributed by atoms with Crippen LogP contribution in [0.2, 0.25) is 0 Å². The van der Waals surface area contributed by atoms with Gasteiger partial charge in [0.05, 0.1) is 21.6 Å². The Morgan fingerprint density at radius 3 is 2.97 bits per heavy atom. The average Bonchev–Trinajstić information content (AvgIpc) is 3.23. The summed E-state index contributed by atoms with van der Waals surface area (Å²) in [6.45, 7) is 4.63. The summed E-state index contributed by atoms with van der Waals surface area (Å²) in [5.41, 5.74) is 8.32. The van der Waals surface area contributed by atoms with Gasteiger partial charge in [-0.1, -0.05) is 16.4 Å². The number of fused-ring (bicyclic) bond motifs is 2. The lowest BCUT2D eigenvalue weighted by Gasteiger charge is -2.19. The Bertz CT molecular complexity index is 1100. The van der Waals surface area contributed by atoms with Gasteiger partial charge in [0.1, 0.15) is 25.1 Å². The van der Waals surface area contributed by atoms with Crippen molar-refractivity contribution in [3.63, 3.8) is 0 Å². The van der Waals surface area contributed by atoms with Gasteiger partial charge >= 0.3 is 0 Å². The highest BCUT2D eigenvalue weighted by atomic mass is 32.1. The summed E-state index contributed by atoms with van der Waals surface area (Å²) in [4.78, 5) is 20.0. The molecule has 3 aromatic heterocycles. The summed E-state index contributed by atoms with van der Waals surface area (Å²) in [5, 5.41) is 10.5. The largest absolute Gasteiger partial charge is 0.399 e. The fourth-order valence-corrected chi connectivity index (χ4v) is 4.67. The molecule has 3 heterocycles. The van der Waals surface area contributed by atoms with Crippen LogP contribution in [0.5, 0.6) is 0 Å². The van der Waals surface area contributed by atoms with Crippen LogP contribution in [0.15, 0.2) is 40.0 Å². The Kier molecular flexibility index (Phi) is 6.38. The molecule has 0 aliphatic heterocycles. The number of aromatic nitrogens is 2. The minimum absolute atomic E-state index is 0.551. The normalized spacial score (nSPS) is 15.4. The topological polar surface area (TPSA) is 69.0 Å². The molecule has 1 aliphatic rings. The molecule has 3 aromatic rings. The van der Waals surface area contributed by atoms with Gasteiger partial charge in [-0.2, -0.15) is 0 Å². The van der Waals surface area contributed by atoms with Crippen molar-refractivity contribution < 1.29 is 9.68 Å². The van der Waals surface area contributed by atoms with Gasteiger partial charge in [-0.15, -0.1) is 11.3 Å². The molecule has 0 spiro atoms. The van der Waals surface area contributed by atoms with Crippen LogP contribution >= 0.6 is 11.3 Å². The van der Waals surface area contributed by atoms with Crippen LogP contribution in [0.4, 0.5) is 0 Å². The van der Waals surface area contributed by atoms with E-state index in [0.717, 1.165) is 66.1 Å². The first-order valence-corrected chi connectivity index (χ1v) is 11.1. The van der Waals surface area contributed by atoms with E-state index in [4.69, 9.17) is 14.7 Å². The maximum atomic E-state index is 5.68. The van der Waals surface area contributed by atoms with Crippen LogP contribution < -0.4 is 0 Å². The van der Waals surface area contributed by atoms with Crippen LogP contribution in [0, 0.1) is 6.92 Å². The molecule has 7 heteroatoms. The van der Waals surface area contributed by atoms with E-state index >= 15 is 0 Å². The van der Waals surface area contributed by atoms with Crippen LogP contribution in [-0.4, -0.2) is 35.1 Å². The summed E-state index contributed by atoms with van der Waals surface area (Å²) in [6.07, 6.45) is 4.73. The molecule has 0 bridgehead atoms. The van der Waals surface area contributed by atoms with Gasteiger partial charge in [-0.05, 0) is 80.7 Å². The number of nitrogens with zero attached hydrogens (tertiary/aromatic N) is 4. The molecule has 0 N–H and O–H groups in total. The van der Waals surface area contributed by atoms with E-state index < -0.39 is 0 Å². The molecule has 0 radical (unpaired) electrons. The van der Waals surface area contributed by atoms with Gasteiger partial charge < -0.3 is 9.68 Å². The first-order valence-electron chi connectivity index (χ1n) is 10.3. The molecule has 0 aromatic carbocycles. The molecular formula is C23H26N4O2S. The fraction of sp³-hybridized carbons (Fsp3) is 0.391. The molecule has 0 amide bonds. The van der Waals surface area contributed by atoms with Crippen molar-refractivity contribution in [1.29, 1.82) is 0 Å². The van der Waals surface area contributed by atoms with Crippen molar-refractivity contribution in [1.82, 2.24) is 9.97 Å². The van der Waals surface area contributed by atoms with Crippen LogP contribution in [0.1, 0.15) is 54.4 Å². The van der Waals surface area contributed by atoms with E-state index in [2.05, 4.69) is 33.7 Å². The molecular weight excluding hydrogens is 396 g/mol. The second-order valence-electron chi connectivity index (χ2n) is 7.40. The van der Waals surface area contributed by atoms with E-state index in [1.165, 1.54) is 22.9 Å². The zero-order valence-corrected chi connectivity index (χ0v) is 18.5. The number of aryl methyl sites for hydroxylation is 2. The smallest absolute Gasteiger partial charge is 0.117 e. The molecule has 30 heavy (non-hydrogen) atoms. The highest BCUT2D eigenvalue weighted by molar-refractivity contribution is 7.17. The van der Waals surface area contributed by atoms with E-state index in [9.17, 15) is 0 Å². The van der Waals surface area contributed by atoms with Gasteiger partial charge in [-0.3, -0.25) is 4.98 Å². The number of thiophene rings is 1. The summed E-state index contributed by atoms with van der Waals surface area (Å²) in [6, 6.07) is 8.03. The molecule has 0 fully saturated rings. The zero-order chi connectivity index (χ0) is 20.9. The van der Waals surface area contributed by atoms with Crippen molar-refractivity contribution >= 4 is 33.0 Å². The Morgan fingerprint density at radius 2 is 2.10 bits per heavy atom. The molecule has 0 unspecified atom stereocenters. The number of pyridine rings is 2. The second-order valence-corrected chi connectivity index (χ2v) is 8.32. The fourth-order valence-electron chi connectivity index (χ4n) is 3.80. The van der Waals surface area contributed by atoms with Crippen LogP contribution in [0.25, 0.3) is 10.2 Å². The molecule has 4 rings (SSSR count). The van der Waals surface area contributed by atoms with Gasteiger partial charge in [0.2, 0.25) is 0 Å². The zero-order valence-electron chi connectivity index (χ0n) is 17.6. The first-order chi connectivity index (χ1) is 14.7. The Morgan fingerprint density at radius 1 is 1.20 bits per heavy atom. The number of rotatable bonds is 7. The second kappa shape index (κ2) is 9.34. The van der Waals surface area contributed by atoms with E-state index in [0.29, 0.717) is 6.61 Å².